The summed E-state index contributed by atoms with van der Waals surface area (Å²) >= 11 is 6.65. The minimum atomic E-state index is -2.02. The first-order valence-electron chi connectivity index (χ1n) is 7.80. The first-order chi connectivity index (χ1) is 10.4. The van der Waals surface area contributed by atoms with Crippen LogP contribution in [0.2, 0.25) is 0 Å². The van der Waals surface area contributed by atoms with Crippen molar-refractivity contribution in [3.63, 3.8) is 0 Å². The molecule has 0 amide bonds. The number of hydrogen-bond donors (Lipinski definition) is 0. The molecule has 1 aliphatic heterocycles. The van der Waals surface area contributed by atoms with Gasteiger partial charge in [0.05, 0.1) is 0 Å². The van der Waals surface area contributed by atoms with Crippen molar-refractivity contribution in [1.29, 1.82) is 0 Å². The normalized spacial score (nSPS) is 17.6. The number of rotatable bonds is 4. The number of piperidine rings is 1. The van der Waals surface area contributed by atoms with Gasteiger partial charge >= 0.3 is 133 Å². The number of hydrogen-bond acceptors (Lipinski definition) is 1. The van der Waals surface area contributed by atoms with Crippen molar-refractivity contribution in [2.45, 2.75) is 19.3 Å². The van der Waals surface area contributed by atoms with E-state index in [9.17, 15) is 0 Å². The van der Waals surface area contributed by atoms with Gasteiger partial charge in [0.15, 0.2) is 0 Å². The third-order valence-electron chi connectivity index (χ3n) is 4.59. The van der Waals surface area contributed by atoms with Gasteiger partial charge in [-0.25, -0.2) is 0 Å². The van der Waals surface area contributed by atoms with Crippen LogP contribution in [0.5, 0.6) is 0 Å². The fourth-order valence-electron chi connectivity index (χ4n) is 3.47. The summed E-state index contributed by atoms with van der Waals surface area (Å²) in [5.74, 6) is 0. The molecule has 1 aliphatic rings. The van der Waals surface area contributed by atoms with Crippen LogP contribution in [0.3, 0.4) is 0 Å². The number of alkyl halides is 1. The summed E-state index contributed by atoms with van der Waals surface area (Å²) in [4.78, 5) is 0. The van der Waals surface area contributed by atoms with E-state index in [0.717, 1.165) is 5.62 Å². The summed E-state index contributed by atoms with van der Waals surface area (Å²) in [6.07, 6.45) is 3.95. The van der Waals surface area contributed by atoms with Crippen molar-refractivity contribution >= 4 is 29.6 Å². The molecule has 3 rings (SSSR count). The van der Waals surface area contributed by atoms with Crippen molar-refractivity contribution in [3.05, 3.63) is 60.7 Å². The van der Waals surface area contributed by atoms with E-state index in [1.807, 2.05) is 0 Å². The number of halogens is 1. The average Bonchev–Trinajstić information content (AvgIpc) is 2.59. The van der Waals surface area contributed by atoms with Crippen molar-refractivity contribution in [3.8, 4) is 0 Å². The van der Waals surface area contributed by atoms with Gasteiger partial charge in [-0.15, -0.1) is 0 Å². The van der Waals surface area contributed by atoms with E-state index >= 15 is 0 Å². The van der Waals surface area contributed by atoms with Gasteiger partial charge in [-0.05, 0) is 0 Å². The third kappa shape index (κ3) is 2.88. The molecule has 2 aromatic carbocycles. The molecular weight excluding hydrogens is 297 g/mol. The van der Waals surface area contributed by atoms with Crippen LogP contribution in [0.25, 0.3) is 0 Å². The molecule has 0 aliphatic carbocycles. The Morgan fingerprint density at radius 2 is 1.24 bits per heavy atom. The summed E-state index contributed by atoms with van der Waals surface area (Å²) in [6.45, 7) is 2.37. The zero-order valence-electron chi connectivity index (χ0n) is 12.3. The summed E-state index contributed by atoms with van der Waals surface area (Å²) in [6, 6.07) is 21.9. The molecule has 2 aromatic rings. The Bertz CT molecular complexity index is 512. The Morgan fingerprint density at radius 1 is 0.762 bits per heavy atom. The van der Waals surface area contributed by atoms with Gasteiger partial charge in [-0.2, -0.15) is 0 Å². The summed E-state index contributed by atoms with van der Waals surface area (Å²) in [7, 11) is -2.02. The van der Waals surface area contributed by atoms with E-state index in [1.165, 1.54) is 43.0 Å². The van der Waals surface area contributed by atoms with E-state index in [4.69, 9.17) is 11.6 Å². The quantitative estimate of drug-likeness (QED) is 0.608. The Labute approximate surface area is 133 Å². The van der Waals surface area contributed by atoms with Crippen LogP contribution in [0.15, 0.2) is 60.7 Å². The molecule has 0 unspecified atom stereocenters. The van der Waals surface area contributed by atoms with Crippen molar-refractivity contribution in [2.75, 3.05) is 18.7 Å². The molecule has 0 radical (unpaired) electrons. The van der Waals surface area contributed by atoms with Crippen LogP contribution in [0.1, 0.15) is 19.3 Å². The van der Waals surface area contributed by atoms with E-state index in [1.54, 1.807) is 0 Å². The number of nitrogens with zero attached hydrogens (tertiary/aromatic N) is 1. The fraction of sp³-hybridized carbons (Fsp3) is 0.333. The third-order valence-corrected chi connectivity index (χ3v) is 10.2. The molecule has 1 heterocycles. The fourth-order valence-corrected chi connectivity index (χ4v) is 9.02. The second-order valence-electron chi connectivity index (χ2n) is 5.77. The van der Waals surface area contributed by atoms with Gasteiger partial charge in [0, 0.05) is 0 Å². The number of benzene rings is 2. The molecule has 0 atom stereocenters. The van der Waals surface area contributed by atoms with Gasteiger partial charge in [-0.1, -0.05) is 0 Å². The topological polar surface area (TPSA) is 3.24 Å². The first-order valence-corrected chi connectivity index (χ1v) is 10.5. The van der Waals surface area contributed by atoms with Gasteiger partial charge in [0.2, 0.25) is 0 Å². The maximum absolute atomic E-state index is 6.65. The SMILES string of the molecule is ClC[PH](c1ccccc1)(c1ccccc1)N1CCCCC1. The molecule has 3 heteroatoms. The van der Waals surface area contributed by atoms with Crippen LogP contribution in [-0.2, 0) is 0 Å². The van der Waals surface area contributed by atoms with Gasteiger partial charge < -0.3 is 0 Å². The van der Waals surface area contributed by atoms with Gasteiger partial charge in [0.1, 0.15) is 0 Å². The van der Waals surface area contributed by atoms with E-state index in [2.05, 4.69) is 65.3 Å². The average molecular weight is 320 g/mol. The Kier molecular flexibility index (Phi) is 4.95. The van der Waals surface area contributed by atoms with Crippen LogP contribution in [-0.4, -0.2) is 23.4 Å². The Hall–Kier alpha value is -0.880. The van der Waals surface area contributed by atoms with Crippen LogP contribution >= 0.6 is 19.0 Å². The second kappa shape index (κ2) is 6.92. The van der Waals surface area contributed by atoms with E-state index in [-0.39, 0.29) is 0 Å². The van der Waals surface area contributed by atoms with Crippen molar-refractivity contribution in [2.24, 2.45) is 0 Å². The Morgan fingerprint density at radius 3 is 1.67 bits per heavy atom. The van der Waals surface area contributed by atoms with E-state index < -0.39 is 7.41 Å². The first kappa shape index (κ1) is 15.0. The predicted octanol–water partition coefficient (Wildman–Crippen LogP) is 3.98. The molecule has 1 fully saturated rings. The summed E-state index contributed by atoms with van der Waals surface area (Å²) in [5.41, 5.74) is 0.723. The van der Waals surface area contributed by atoms with Crippen molar-refractivity contribution in [1.82, 2.24) is 4.67 Å². The van der Waals surface area contributed by atoms with Crippen molar-refractivity contribution < 1.29 is 0 Å². The minimum absolute atomic E-state index is 0.723. The monoisotopic (exact) mass is 319 g/mol. The van der Waals surface area contributed by atoms with Crippen LogP contribution < -0.4 is 10.6 Å². The molecule has 1 nitrogen and oxygen atoms in total. The molecule has 1 saturated heterocycles. The molecule has 112 valence electrons. The second-order valence-corrected chi connectivity index (χ2v) is 10.4. The molecule has 0 bridgehead atoms. The maximum atomic E-state index is 6.65. The molecule has 0 aromatic heterocycles. The molecule has 0 N–H and O–H groups in total. The van der Waals surface area contributed by atoms with Crippen LogP contribution in [0, 0.1) is 0 Å². The summed E-state index contributed by atoms with van der Waals surface area (Å²) in [5, 5.41) is 2.88. The molecular formula is C18H23ClNP. The van der Waals surface area contributed by atoms with Crippen LogP contribution in [0.4, 0.5) is 0 Å². The summed E-state index contributed by atoms with van der Waals surface area (Å²) < 4.78 is 2.72. The zero-order valence-corrected chi connectivity index (χ0v) is 14.1. The predicted molar refractivity (Wildman–Crippen MR) is 96.6 cm³/mol. The molecule has 0 saturated carbocycles. The molecule has 0 spiro atoms. The standard InChI is InChI=1S/C18H23ClNP/c19-16-21(17-10-4-1-5-11-17,18-12-6-2-7-13-18)20-14-8-3-9-15-20/h1-2,4-7,10-13,21H,3,8-9,14-16H2. The Balaban J connectivity index is 2.12. The van der Waals surface area contributed by atoms with Gasteiger partial charge in [-0.3, -0.25) is 0 Å². The van der Waals surface area contributed by atoms with Gasteiger partial charge in [0.25, 0.3) is 0 Å². The molecule has 21 heavy (non-hydrogen) atoms. The van der Waals surface area contributed by atoms with E-state index in [0.29, 0.717) is 0 Å². The zero-order chi connectivity index (χ0) is 14.5.